The average Bonchev–Trinajstić information content (AvgIpc) is 2.82. The van der Waals surface area contributed by atoms with Crippen molar-refractivity contribution in [2.45, 2.75) is 39.7 Å². The highest BCUT2D eigenvalue weighted by atomic mass is 16.2. The molecule has 1 fully saturated rings. The third-order valence-corrected chi connectivity index (χ3v) is 2.33. The molecule has 2 unspecified atom stereocenters. The molecule has 1 aliphatic rings. The van der Waals surface area contributed by atoms with Crippen LogP contribution in [0.2, 0.25) is 0 Å². The maximum atomic E-state index is 11.2. The summed E-state index contributed by atoms with van der Waals surface area (Å²) >= 11 is 0. The van der Waals surface area contributed by atoms with E-state index in [2.05, 4.69) is 11.9 Å². The average molecular weight is 197 g/mol. The Morgan fingerprint density at radius 2 is 1.93 bits per heavy atom. The summed E-state index contributed by atoms with van der Waals surface area (Å²) in [5.74, 6) is -0.0175. The number of hydrogen-bond donors (Lipinski definition) is 1. The van der Waals surface area contributed by atoms with Crippen molar-refractivity contribution in [1.29, 1.82) is 0 Å². The number of carbonyl (C=O) groups is 2. The Morgan fingerprint density at radius 1 is 1.43 bits per heavy atom. The molecule has 0 aliphatic heterocycles. The predicted molar refractivity (Wildman–Crippen MR) is 56.9 cm³/mol. The fraction of sp³-hybridized carbons (Fsp3) is 0.636. The van der Waals surface area contributed by atoms with Crippen molar-refractivity contribution in [3.05, 3.63) is 12.7 Å². The SMILES string of the molecule is C=CC1CC1(NC(C)=O)C(C)=O.CC. The summed E-state index contributed by atoms with van der Waals surface area (Å²) in [7, 11) is 0. The standard InChI is InChI=1S/C9H13NO2.C2H6/c1-4-8-5-9(8,6(2)11)10-7(3)12;1-2/h4,8H,1,5H2,2-3H3,(H,10,12);1-2H3. The number of ketones is 1. The second kappa shape index (κ2) is 4.94. The van der Waals surface area contributed by atoms with E-state index in [0.717, 1.165) is 0 Å². The lowest BCUT2D eigenvalue weighted by Crippen LogP contribution is -2.42. The quantitative estimate of drug-likeness (QED) is 0.700. The van der Waals surface area contributed by atoms with E-state index in [0.29, 0.717) is 6.42 Å². The van der Waals surface area contributed by atoms with Crippen LogP contribution in [0.4, 0.5) is 0 Å². The first kappa shape index (κ1) is 12.9. The van der Waals surface area contributed by atoms with Crippen molar-refractivity contribution in [1.82, 2.24) is 5.32 Å². The minimum atomic E-state index is -0.617. The van der Waals surface area contributed by atoms with Crippen LogP contribution in [0.5, 0.6) is 0 Å². The fourth-order valence-electron chi connectivity index (χ4n) is 1.52. The molecule has 0 radical (unpaired) electrons. The Hall–Kier alpha value is -1.12. The van der Waals surface area contributed by atoms with E-state index in [-0.39, 0.29) is 17.6 Å². The second-order valence-corrected chi connectivity index (χ2v) is 3.26. The number of amides is 1. The number of rotatable bonds is 3. The maximum Gasteiger partial charge on any atom is 0.217 e. The van der Waals surface area contributed by atoms with Crippen LogP contribution in [-0.2, 0) is 9.59 Å². The summed E-state index contributed by atoms with van der Waals surface area (Å²) < 4.78 is 0. The van der Waals surface area contributed by atoms with E-state index >= 15 is 0 Å². The molecule has 3 heteroatoms. The lowest BCUT2D eigenvalue weighted by molar-refractivity contribution is -0.126. The highest BCUT2D eigenvalue weighted by Gasteiger charge is 2.57. The van der Waals surface area contributed by atoms with Gasteiger partial charge in [0.2, 0.25) is 5.91 Å². The molecule has 0 heterocycles. The van der Waals surface area contributed by atoms with Gasteiger partial charge in [0.05, 0.1) is 0 Å². The van der Waals surface area contributed by atoms with Crippen molar-refractivity contribution in [3.8, 4) is 0 Å². The molecule has 0 aromatic rings. The second-order valence-electron chi connectivity index (χ2n) is 3.26. The first-order valence-electron chi connectivity index (χ1n) is 4.95. The van der Waals surface area contributed by atoms with Crippen molar-refractivity contribution >= 4 is 11.7 Å². The van der Waals surface area contributed by atoms with E-state index in [9.17, 15) is 9.59 Å². The zero-order valence-corrected chi connectivity index (χ0v) is 9.39. The summed E-state index contributed by atoms with van der Waals surface area (Å²) in [4.78, 5) is 21.9. The van der Waals surface area contributed by atoms with Gasteiger partial charge in [-0.2, -0.15) is 0 Å². The van der Waals surface area contributed by atoms with E-state index in [1.54, 1.807) is 6.08 Å². The summed E-state index contributed by atoms with van der Waals surface area (Å²) in [5, 5.41) is 2.67. The minimum Gasteiger partial charge on any atom is -0.343 e. The van der Waals surface area contributed by atoms with Gasteiger partial charge in [-0.3, -0.25) is 9.59 Å². The van der Waals surface area contributed by atoms with Crippen LogP contribution < -0.4 is 5.32 Å². The topological polar surface area (TPSA) is 46.2 Å². The molecule has 2 atom stereocenters. The van der Waals surface area contributed by atoms with Gasteiger partial charge < -0.3 is 5.32 Å². The summed E-state index contributed by atoms with van der Waals surface area (Å²) in [6.07, 6.45) is 2.42. The van der Waals surface area contributed by atoms with Gasteiger partial charge in [0.25, 0.3) is 0 Å². The van der Waals surface area contributed by atoms with E-state index < -0.39 is 5.54 Å². The molecule has 80 valence electrons. The van der Waals surface area contributed by atoms with Gasteiger partial charge >= 0.3 is 0 Å². The first-order valence-corrected chi connectivity index (χ1v) is 4.95. The predicted octanol–water partition coefficient (Wildman–Crippen LogP) is 1.68. The lowest BCUT2D eigenvalue weighted by Gasteiger charge is -2.13. The molecule has 0 aromatic heterocycles. The molecule has 14 heavy (non-hydrogen) atoms. The molecular formula is C11H19NO2. The van der Waals surface area contributed by atoms with Crippen molar-refractivity contribution in [3.63, 3.8) is 0 Å². The van der Waals surface area contributed by atoms with E-state index in [4.69, 9.17) is 0 Å². The van der Waals surface area contributed by atoms with E-state index in [1.165, 1.54) is 13.8 Å². The number of nitrogens with one attached hydrogen (secondary N) is 1. The molecule has 0 aromatic carbocycles. The maximum absolute atomic E-state index is 11.2. The Morgan fingerprint density at radius 3 is 2.14 bits per heavy atom. The Balaban J connectivity index is 0.000000791. The van der Waals surface area contributed by atoms with Gasteiger partial charge in [-0.25, -0.2) is 0 Å². The molecule has 1 saturated carbocycles. The van der Waals surface area contributed by atoms with Crippen LogP contribution in [0.15, 0.2) is 12.7 Å². The molecular weight excluding hydrogens is 178 g/mol. The Labute approximate surface area is 85.6 Å². The molecule has 1 N–H and O–H groups in total. The van der Waals surface area contributed by atoms with Crippen LogP contribution in [0.25, 0.3) is 0 Å². The van der Waals surface area contributed by atoms with Crippen molar-refractivity contribution in [2.75, 3.05) is 0 Å². The van der Waals surface area contributed by atoms with Crippen LogP contribution in [0, 0.1) is 5.92 Å². The molecule has 1 amide bonds. The van der Waals surface area contributed by atoms with Gasteiger partial charge in [-0.05, 0) is 13.3 Å². The van der Waals surface area contributed by atoms with Gasteiger partial charge in [0.15, 0.2) is 5.78 Å². The molecule has 0 spiro atoms. The molecule has 0 bridgehead atoms. The smallest absolute Gasteiger partial charge is 0.217 e. The van der Waals surface area contributed by atoms with E-state index in [1.807, 2.05) is 13.8 Å². The van der Waals surface area contributed by atoms with Gasteiger partial charge in [0.1, 0.15) is 5.54 Å². The fourth-order valence-corrected chi connectivity index (χ4v) is 1.52. The monoisotopic (exact) mass is 197 g/mol. The van der Waals surface area contributed by atoms with Crippen LogP contribution in [0.3, 0.4) is 0 Å². The van der Waals surface area contributed by atoms with Gasteiger partial charge in [0, 0.05) is 12.8 Å². The lowest BCUT2D eigenvalue weighted by atomic mass is 10.1. The molecule has 0 saturated heterocycles. The van der Waals surface area contributed by atoms with Crippen LogP contribution in [0.1, 0.15) is 34.1 Å². The Kier molecular flexibility index (Phi) is 4.54. The zero-order chi connectivity index (χ0) is 11.4. The molecule has 1 rings (SSSR count). The first-order chi connectivity index (χ1) is 6.53. The number of Topliss-reactive ketones (excluding diaryl/α,β-unsaturated/α-hetero) is 1. The highest BCUT2D eigenvalue weighted by Crippen LogP contribution is 2.44. The number of hydrogen-bond acceptors (Lipinski definition) is 2. The third kappa shape index (κ3) is 2.44. The van der Waals surface area contributed by atoms with Crippen LogP contribution >= 0.6 is 0 Å². The Bertz CT molecular complexity index is 248. The summed E-state index contributed by atoms with van der Waals surface area (Å²) in [5.41, 5.74) is -0.617. The highest BCUT2D eigenvalue weighted by molar-refractivity contribution is 5.94. The number of carbonyl (C=O) groups excluding carboxylic acids is 2. The normalized spacial score (nSPS) is 28.1. The molecule has 3 nitrogen and oxygen atoms in total. The molecule has 1 aliphatic carbocycles. The largest absolute Gasteiger partial charge is 0.343 e. The van der Waals surface area contributed by atoms with Gasteiger partial charge in [-0.1, -0.05) is 19.9 Å². The van der Waals surface area contributed by atoms with Crippen LogP contribution in [-0.4, -0.2) is 17.2 Å². The third-order valence-electron chi connectivity index (χ3n) is 2.33. The van der Waals surface area contributed by atoms with Crippen molar-refractivity contribution < 1.29 is 9.59 Å². The summed E-state index contributed by atoms with van der Waals surface area (Å²) in [6, 6.07) is 0. The summed E-state index contributed by atoms with van der Waals surface area (Å²) in [6.45, 7) is 10.5. The minimum absolute atomic E-state index is 0.0163. The zero-order valence-electron chi connectivity index (χ0n) is 9.39. The van der Waals surface area contributed by atoms with Gasteiger partial charge in [-0.15, -0.1) is 6.58 Å². The van der Waals surface area contributed by atoms with Crippen molar-refractivity contribution in [2.24, 2.45) is 5.92 Å².